The molecule has 0 aromatic heterocycles. The molecule has 3 nitrogen and oxygen atoms in total. The topological polar surface area (TPSA) is 38.3 Å². The minimum atomic E-state index is -0.616. The number of hydrogen-bond acceptors (Lipinski definition) is 2. The van der Waals surface area contributed by atoms with Crippen LogP contribution in [0.2, 0.25) is 10.0 Å². The molecule has 0 saturated heterocycles. The number of benzene rings is 2. The molecular weight excluding hydrogens is 321 g/mol. The van der Waals surface area contributed by atoms with Gasteiger partial charge in [-0.25, -0.2) is 0 Å². The molecule has 0 radical (unpaired) electrons. The van der Waals surface area contributed by atoms with Crippen molar-refractivity contribution in [1.82, 2.24) is 0 Å². The molecular formula is C17H17Cl2NO2. The van der Waals surface area contributed by atoms with Crippen LogP contribution in [0.15, 0.2) is 42.5 Å². The molecule has 2 aromatic rings. The van der Waals surface area contributed by atoms with Crippen molar-refractivity contribution in [1.29, 1.82) is 0 Å². The van der Waals surface area contributed by atoms with E-state index in [9.17, 15) is 4.79 Å². The normalized spacial score (nSPS) is 11.8. The van der Waals surface area contributed by atoms with Gasteiger partial charge in [-0.05, 0) is 37.6 Å². The predicted molar refractivity (Wildman–Crippen MR) is 91.0 cm³/mol. The maximum absolute atomic E-state index is 12.4. The first-order valence-electron chi connectivity index (χ1n) is 6.99. The van der Waals surface area contributed by atoms with E-state index < -0.39 is 6.10 Å². The SMILES string of the molecule is CC[C@@H](Oc1ccc(C)cc1)C(=O)Nc1c(Cl)cccc1Cl. The zero-order valence-electron chi connectivity index (χ0n) is 12.4. The van der Waals surface area contributed by atoms with Crippen molar-refractivity contribution < 1.29 is 9.53 Å². The summed E-state index contributed by atoms with van der Waals surface area (Å²) in [6, 6.07) is 12.6. The Morgan fingerprint density at radius 3 is 2.27 bits per heavy atom. The number of rotatable bonds is 5. The molecule has 0 spiro atoms. The summed E-state index contributed by atoms with van der Waals surface area (Å²) in [4.78, 5) is 12.4. The van der Waals surface area contributed by atoms with E-state index in [1.165, 1.54) is 0 Å². The van der Waals surface area contributed by atoms with Crippen LogP contribution in [0.4, 0.5) is 5.69 Å². The summed E-state index contributed by atoms with van der Waals surface area (Å²) in [5.41, 5.74) is 1.54. The van der Waals surface area contributed by atoms with Gasteiger partial charge in [0, 0.05) is 0 Å². The van der Waals surface area contributed by atoms with Gasteiger partial charge in [0.05, 0.1) is 15.7 Å². The van der Waals surface area contributed by atoms with Crippen molar-refractivity contribution in [3.8, 4) is 5.75 Å². The molecule has 0 aliphatic heterocycles. The predicted octanol–water partition coefficient (Wildman–Crippen LogP) is 5.10. The van der Waals surface area contributed by atoms with Gasteiger partial charge >= 0.3 is 0 Å². The van der Waals surface area contributed by atoms with Gasteiger partial charge in [-0.15, -0.1) is 0 Å². The summed E-state index contributed by atoms with van der Waals surface area (Å²) < 4.78 is 5.73. The Bertz CT molecular complexity index is 636. The van der Waals surface area contributed by atoms with Crippen molar-refractivity contribution >= 4 is 34.8 Å². The lowest BCUT2D eigenvalue weighted by Gasteiger charge is -2.18. The Kier molecular flexibility index (Phi) is 5.69. The fraction of sp³-hybridized carbons (Fsp3) is 0.235. The molecule has 22 heavy (non-hydrogen) atoms. The largest absolute Gasteiger partial charge is 0.481 e. The van der Waals surface area contributed by atoms with E-state index in [0.29, 0.717) is 27.9 Å². The van der Waals surface area contributed by atoms with Gasteiger partial charge < -0.3 is 10.1 Å². The lowest BCUT2D eigenvalue weighted by atomic mass is 10.2. The fourth-order valence-electron chi connectivity index (χ4n) is 1.92. The number of ether oxygens (including phenoxy) is 1. The molecule has 0 unspecified atom stereocenters. The Morgan fingerprint density at radius 2 is 1.73 bits per heavy atom. The Labute approximate surface area is 140 Å². The molecule has 5 heteroatoms. The van der Waals surface area contributed by atoms with Crippen LogP contribution < -0.4 is 10.1 Å². The Balaban J connectivity index is 2.10. The second-order valence-corrected chi connectivity index (χ2v) is 5.73. The number of para-hydroxylation sites is 1. The van der Waals surface area contributed by atoms with E-state index in [1.54, 1.807) is 18.2 Å². The standard InChI is InChI=1S/C17H17Cl2NO2/c1-3-15(22-12-9-7-11(2)8-10-12)17(21)20-16-13(18)5-4-6-14(16)19/h4-10,15H,3H2,1-2H3,(H,20,21)/t15-/m1/s1. The smallest absolute Gasteiger partial charge is 0.265 e. The van der Waals surface area contributed by atoms with Crippen molar-refractivity contribution in [3.05, 3.63) is 58.1 Å². The first kappa shape index (κ1) is 16.7. The van der Waals surface area contributed by atoms with Crippen molar-refractivity contribution in [3.63, 3.8) is 0 Å². The van der Waals surface area contributed by atoms with Gasteiger partial charge in [-0.3, -0.25) is 4.79 Å². The number of hydrogen-bond donors (Lipinski definition) is 1. The number of nitrogens with one attached hydrogen (secondary N) is 1. The molecule has 116 valence electrons. The van der Waals surface area contributed by atoms with Gasteiger partial charge in [0.15, 0.2) is 6.10 Å². The number of carbonyl (C=O) groups is 1. The second kappa shape index (κ2) is 7.52. The quantitative estimate of drug-likeness (QED) is 0.824. The molecule has 1 amide bonds. The average Bonchev–Trinajstić information content (AvgIpc) is 2.50. The molecule has 0 saturated carbocycles. The van der Waals surface area contributed by atoms with Crippen LogP contribution in [0, 0.1) is 6.92 Å². The molecule has 0 fully saturated rings. The highest BCUT2D eigenvalue weighted by Crippen LogP contribution is 2.30. The lowest BCUT2D eigenvalue weighted by Crippen LogP contribution is -2.32. The van der Waals surface area contributed by atoms with E-state index in [-0.39, 0.29) is 5.91 Å². The van der Waals surface area contributed by atoms with E-state index in [4.69, 9.17) is 27.9 Å². The number of carbonyl (C=O) groups excluding carboxylic acids is 1. The summed E-state index contributed by atoms with van der Waals surface area (Å²) in [5.74, 6) is 0.371. The molecule has 1 atom stereocenters. The van der Waals surface area contributed by atoms with Gasteiger partial charge in [0.1, 0.15) is 5.75 Å². The van der Waals surface area contributed by atoms with E-state index >= 15 is 0 Å². The number of halogens is 2. The van der Waals surface area contributed by atoms with Crippen LogP contribution in [0.3, 0.4) is 0 Å². The van der Waals surface area contributed by atoms with Crippen LogP contribution in [0.5, 0.6) is 5.75 Å². The molecule has 0 aliphatic carbocycles. The van der Waals surface area contributed by atoms with E-state index in [1.807, 2.05) is 38.1 Å². The molecule has 0 heterocycles. The number of amides is 1. The van der Waals surface area contributed by atoms with Crippen LogP contribution in [0.25, 0.3) is 0 Å². The molecule has 2 aromatic carbocycles. The van der Waals surface area contributed by atoms with Crippen LogP contribution in [0.1, 0.15) is 18.9 Å². The number of aryl methyl sites for hydroxylation is 1. The van der Waals surface area contributed by atoms with E-state index in [0.717, 1.165) is 5.56 Å². The third-order valence-corrected chi connectivity index (χ3v) is 3.80. The fourth-order valence-corrected chi connectivity index (χ4v) is 2.42. The van der Waals surface area contributed by atoms with Gasteiger partial charge in [-0.1, -0.05) is 53.9 Å². The van der Waals surface area contributed by atoms with Crippen molar-refractivity contribution in [2.24, 2.45) is 0 Å². The summed E-state index contributed by atoms with van der Waals surface area (Å²) in [5, 5.41) is 3.52. The van der Waals surface area contributed by atoms with Crippen LogP contribution in [-0.4, -0.2) is 12.0 Å². The molecule has 0 bridgehead atoms. The Hall–Kier alpha value is -1.71. The maximum atomic E-state index is 12.4. The average molecular weight is 338 g/mol. The highest BCUT2D eigenvalue weighted by molar-refractivity contribution is 6.39. The first-order chi connectivity index (χ1) is 10.5. The summed E-state index contributed by atoms with van der Waals surface area (Å²) in [6.45, 7) is 3.87. The summed E-state index contributed by atoms with van der Waals surface area (Å²) >= 11 is 12.1. The van der Waals surface area contributed by atoms with E-state index in [2.05, 4.69) is 5.32 Å². The summed E-state index contributed by atoms with van der Waals surface area (Å²) in [7, 11) is 0. The van der Waals surface area contributed by atoms with Crippen LogP contribution in [-0.2, 0) is 4.79 Å². The van der Waals surface area contributed by atoms with Crippen LogP contribution >= 0.6 is 23.2 Å². The second-order valence-electron chi connectivity index (χ2n) is 4.91. The third-order valence-electron chi connectivity index (χ3n) is 3.17. The summed E-state index contributed by atoms with van der Waals surface area (Å²) in [6.07, 6.45) is -0.0862. The van der Waals surface area contributed by atoms with Gasteiger partial charge in [0.2, 0.25) is 0 Å². The number of anilines is 1. The Morgan fingerprint density at radius 1 is 1.14 bits per heavy atom. The molecule has 1 N–H and O–H groups in total. The lowest BCUT2D eigenvalue weighted by molar-refractivity contribution is -0.122. The third kappa shape index (κ3) is 4.15. The minimum Gasteiger partial charge on any atom is -0.481 e. The molecule has 2 rings (SSSR count). The first-order valence-corrected chi connectivity index (χ1v) is 7.75. The highest BCUT2D eigenvalue weighted by atomic mass is 35.5. The zero-order chi connectivity index (χ0) is 16.1. The van der Waals surface area contributed by atoms with Crippen molar-refractivity contribution in [2.45, 2.75) is 26.4 Å². The highest BCUT2D eigenvalue weighted by Gasteiger charge is 2.20. The monoisotopic (exact) mass is 337 g/mol. The molecule has 0 aliphatic rings. The van der Waals surface area contributed by atoms with Gasteiger partial charge in [-0.2, -0.15) is 0 Å². The van der Waals surface area contributed by atoms with Crippen molar-refractivity contribution in [2.75, 3.05) is 5.32 Å². The van der Waals surface area contributed by atoms with Gasteiger partial charge in [0.25, 0.3) is 5.91 Å². The maximum Gasteiger partial charge on any atom is 0.265 e. The zero-order valence-corrected chi connectivity index (χ0v) is 13.9. The minimum absolute atomic E-state index is 0.280.